The number of aliphatic hydroxyl groups is 1. The molecule has 0 spiro atoms. The predicted octanol–water partition coefficient (Wildman–Crippen LogP) is 2.95. The number of nitrogens with zero attached hydrogens (tertiary/aromatic N) is 2. The second-order valence-corrected chi connectivity index (χ2v) is 4.21. The van der Waals surface area contributed by atoms with E-state index < -0.39 is 18.0 Å². The summed E-state index contributed by atoms with van der Waals surface area (Å²) in [7, 11) is 1.43. The third-order valence-corrected chi connectivity index (χ3v) is 2.81. The lowest BCUT2D eigenvalue weighted by Gasteiger charge is -2.16. The Labute approximate surface area is 113 Å². The zero-order chi connectivity index (χ0) is 14.9. The molecule has 0 aliphatic carbocycles. The lowest BCUT2D eigenvalue weighted by atomic mass is 10.1. The number of rotatable bonds is 3. The highest BCUT2D eigenvalue weighted by Gasteiger charge is 2.34. The van der Waals surface area contributed by atoms with Gasteiger partial charge in [-0.2, -0.15) is 18.3 Å². The molecule has 1 N–H and O–H groups in total. The van der Waals surface area contributed by atoms with E-state index in [-0.39, 0.29) is 0 Å². The third kappa shape index (κ3) is 2.62. The summed E-state index contributed by atoms with van der Waals surface area (Å²) in [5.74, 6) is 0.390. The molecule has 2 aromatic rings. The fourth-order valence-corrected chi connectivity index (χ4v) is 1.94. The van der Waals surface area contributed by atoms with E-state index >= 15 is 0 Å². The van der Waals surface area contributed by atoms with Gasteiger partial charge in [-0.15, -0.1) is 0 Å². The van der Waals surface area contributed by atoms with Gasteiger partial charge < -0.3 is 9.84 Å². The highest BCUT2D eigenvalue weighted by molar-refractivity contribution is 5.50. The lowest BCUT2D eigenvalue weighted by molar-refractivity contribution is -0.141. The Bertz CT molecular complexity index is 606. The Morgan fingerprint density at radius 2 is 2.00 bits per heavy atom. The van der Waals surface area contributed by atoms with Crippen molar-refractivity contribution >= 4 is 0 Å². The molecule has 0 bridgehead atoms. The van der Waals surface area contributed by atoms with Gasteiger partial charge in [0.15, 0.2) is 5.69 Å². The van der Waals surface area contributed by atoms with E-state index in [2.05, 4.69) is 5.10 Å². The van der Waals surface area contributed by atoms with Crippen molar-refractivity contribution in [2.45, 2.75) is 19.2 Å². The summed E-state index contributed by atoms with van der Waals surface area (Å²) >= 11 is 0. The largest absolute Gasteiger partial charge is 0.496 e. The zero-order valence-corrected chi connectivity index (χ0v) is 10.8. The zero-order valence-electron chi connectivity index (χ0n) is 10.8. The Morgan fingerprint density at radius 1 is 1.30 bits per heavy atom. The molecule has 1 aromatic heterocycles. The van der Waals surface area contributed by atoms with Gasteiger partial charge in [0, 0.05) is 11.8 Å². The molecule has 1 atom stereocenters. The Hall–Kier alpha value is -2.02. The van der Waals surface area contributed by atoms with Crippen molar-refractivity contribution in [3.8, 4) is 11.4 Å². The molecule has 0 saturated heterocycles. The van der Waals surface area contributed by atoms with Crippen molar-refractivity contribution in [1.29, 1.82) is 0 Å². The fourth-order valence-electron chi connectivity index (χ4n) is 1.94. The van der Waals surface area contributed by atoms with Gasteiger partial charge in [-0.3, -0.25) is 0 Å². The predicted molar refractivity (Wildman–Crippen MR) is 65.8 cm³/mol. The number of aromatic nitrogens is 2. The Morgan fingerprint density at radius 3 is 2.50 bits per heavy atom. The van der Waals surface area contributed by atoms with Crippen molar-refractivity contribution in [3.63, 3.8) is 0 Å². The summed E-state index contributed by atoms with van der Waals surface area (Å²) in [6, 6.07) is 5.69. The van der Waals surface area contributed by atoms with Crippen LogP contribution in [0.25, 0.3) is 5.69 Å². The molecule has 0 fully saturated rings. The molecule has 1 heterocycles. The van der Waals surface area contributed by atoms with Crippen molar-refractivity contribution in [1.82, 2.24) is 9.78 Å². The molecule has 0 saturated carbocycles. The summed E-state index contributed by atoms with van der Waals surface area (Å²) in [6.07, 6.45) is -4.21. The van der Waals surface area contributed by atoms with Crippen LogP contribution >= 0.6 is 0 Å². The van der Waals surface area contributed by atoms with E-state index in [0.717, 1.165) is 10.7 Å². The van der Waals surface area contributed by atoms with Crippen molar-refractivity contribution in [2.24, 2.45) is 0 Å². The highest BCUT2D eigenvalue weighted by Crippen LogP contribution is 2.32. The first-order valence-corrected chi connectivity index (χ1v) is 5.82. The van der Waals surface area contributed by atoms with Crippen LogP contribution < -0.4 is 4.74 Å². The van der Waals surface area contributed by atoms with Gasteiger partial charge in [0.25, 0.3) is 0 Å². The van der Waals surface area contributed by atoms with Crippen LogP contribution in [0.1, 0.15) is 24.3 Å². The molecule has 4 nitrogen and oxygen atoms in total. The van der Waals surface area contributed by atoms with Crippen LogP contribution in [0.5, 0.6) is 5.75 Å². The average molecular weight is 286 g/mol. The summed E-state index contributed by atoms with van der Waals surface area (Å²) in [5.41, 5.74) is -0.265. The first-order chi connectivity index (χ1) is 9.34. The minimum absolute atomic E-state index is 0.342. The number of alkyl halides is 3. The van der Waals surface area contributed by atoms with Gasteiger partial charge in [-0.25, -0.2) is 4.68 Å². The number of hydrogen-bond donors (Lipinski definition) is 1. The number of hydrogen-bond acceptors (Lipinski definition) is 3. The van der Waals surface area contributed by atoms with E-state index in [0.29, 0.717) is 17.0 Å². The quantitative estimate of drug-likeness (QED) is 0.943. The van der Waals surface area contributed by atoms with Crippen LogP contribution in [-0.2, 0) is 6.18 Å². The summed E-state index contributed by atoms with van der Waals surface area (Å²) in [6.45, 7) is 1.51. The van der Waals surface area contributed by atoms with Gasteiger partial charge in [-0.1, -0.05) is 6.07 Å². The number of ether oxygens (including phenoxy) is 1. The molecule has 108 valence electrons. The van der Waals surface area contributed by atoms with E-state index in [1.807, 2.05) is 0 Å². The van der Waals surface area contributed by atoms with Gasteiger partial charge >= 0.3 is 6.18 Å². The highest BCUT2D eigenvalue weighted by atomic mass is 19.4. The molecular formula is C13H13F3N2O2. The number of aliphatic hydroxyl groups excluding tert-OH is 1. The van der Waals surface area contributed by atoms with Crippen molar-refractivity contribution in [3.05, 3.63) is 41.7 Å². The fraction of sp³-hybridized carbons (Fsp3) is 0.308. The number of halogens is 3. The maximum atomic E-state index is 12.6. The maximum Gasteiger partial charge on any atom is 0.435 e. The second-order valence-electron chi connectivity index (χ2n) is 4.21. The van der Waals surface area contributed by atoms with Crippen LogP contribution in [0.2, 0.25) is 0 Å². The van der Waals surface area contributed by atoms with Gasteiger partial charge in [0.2, 0.25) is 0 Å². The van der Waals surface area contributed by atoms with Gasteiger partial charge in [0.05, 0.1) is 18.9 Å². The van der Waals surface area contributed by atoms with Gasteiger partial charge in [0.1, 0.15) is 5.75 Å². The molecule has 1 aromatic carbocycles. The third-order valence-electron chi connectivity index (χ3n) is 2.81. The first kappa shape index (κ1) is 14.4. The second kappa shape index (κ2) is 5.16. The molecule has 0 radical (unpaired) electrons. The van der Waals surface area contributed by atoms with E-state index in [4.69, 9.17) is 4.74 Å². The van der Waals surface area contributed by atoms with Gasteiger partial charge in [-0.05, 0) is 25.1 Å². The van der Waals surface area contributed by atoms with E-state index in [1.54, 1.807) is 18.2 Å². The maximum absolute atomic E-state index is 12.6. The number of methoxy groups -OCH3 is 1. The molecule has 0 unspecified atom stereocenters. The van der Waals surface area contributed by atoms with Crippen LogP contribution in [0, 0.1) is 0 Å². The molecule has 7 heteroatoms. The standard InChI is InChI=1S/C13H13F3N2O2/c1-8(19)12-9(4-3-5-10(12)20-2)18-7-6-11(17-18)13(14,15)16/h3-8,19H,1-2H3/t8-/m0/s1. The van der Waals surface area contributed by atoms with Crippen LogP contribution in [0.3, 0.4) is 0 Å². The topological polar surface area (TPSA) is 47.3 Å². The van der Waals surface area contributed by atoms with Crippen molar-refractivity contribution in [2.75, 3.05) is 7.11 Å². The minimum atomic E-state index is -4.50. The SMILES string of the molecule is COc1cccc(-n2ccc(C(F)(F)F)n2)c1[C@H](C)O. The minimum Gasteiger partial charge on any atom is -0.496 e. The molecular weight excluding hydrogens is 273 g/mol. The average Bonchev–Trinajstić information content (AvgIpc) is 2.86. The van der Waals surface area contributed by atoms with Crippen LogP contribution in [-0.4, -0.2) is 22.0 Å². The monoisotopic (exact) mass is 286 g/mol. The van der Waals surface area contributed by atoms with E-state index in [9.17, 15) is 18.3 Å². The van der Waals surface area contributed by atoms with Crippen molar-refractivity contribution < 1.29 is 23.0 Å². The summed E-state index contributed by atoms with van der Waals surface area (Å²) < 4.78 is 43.9. The Kier molecular flexibility index (Phi) is 3.71. The molecule has 2 rings (SSSR count). The molecule has 0 aliphatic rings. The van der Waals surface area contributed by atoms with Crippen LogP contribution in [0.15, 0.2) is 30.5 Å². The number of benzene rings is 1. The Balaban J connectivity index is 2.55. The molecule has 0 amide bonds. The van der Waals surface area contributed by atoms with Crippen LogP contribution in [0.4, 0.5) is 13.2 Å². The summed E-state index contributed by atoms with van der Waals surface area (Å²) in [5, 5.41) is 13.3. The normalized spacial score (nSPS) is 13.3. The molecule has 0 aliphatic heterocycles. The summed E-state index contributed by atoms with van der Waals surface area (Å²) in [4.78, 5) is 0. The molecule has 20 heavy (non-hydrogen) atoms. The first-order valence-electron chi connectivity index (χ1n) is 5.82. The lowest BCUT2D eigenvalue weighted by Crippen LogP contribution is -2.09. The van der Waals surface area contributed by atoms with E-state index in [1.165, 1.54) is 20.2 Å². The smallest absolute Gasteiger partial charge is 0.435 e.